The van der Waals surface area contributed by atoms with Gasteiger partial charge in [-0.3, -0.25) is 4.79 Å². The van der Waals surface area contributed by atoms with Crippen LogP contribution < -0.4 is 10.5 Å². The second-order valence-corrected chi connectivity index (χ2v) is 11.1. The molecule has 0 unspecified atom stereocenters. The van der Waals surface area contributed by atoms with E-state index < -0.39 is 21.8 Å². The molecule has 4 N–H and O–H groups in total. The molecular weight excluding hydrogens is 600 g/mol. The fraction of sp³-hybridized carbons (Fsp3) is 0.0455. The Labute approximate surface area is 210 Å². The molecule has 0 radical (unpaired) electrons. The summed E-state index contributed by atoms with van der Waals surface area (Å²) in [4.78, 5) is 14.4. The van der Waals surface area contributed by atoms with Gasteiger partial charge in [0.05, 0.1) is 18.7 Å². The standard InChI is InChI=1S/C22H15Br2ClN2O5S/c23-16-7-11(20(26)22(28)29)8-17(24)21(16)32-13-3-6-18-15(9-13)19(10-27-18)33(30,31)14-4-1-12(25)2-5-14/h1-10,20,27H,26H2,(H,28,29)/t20-/m1/s1. The average Bonchev–Trinajstić information content (AvgIpc) is 3.20. The van der Waals surface area contributed by atoms with E-state index in [0.29, 0.717) is 41.9 Å². The van der Waals surface area contributed by atoms with Crippen LogP contribution in [0.3, 0.4) is 0 Å². The minimum Gasteiger partial charge on any atom is -0.480 e. The Morgan fingerprint density at radius 3 is 2.30 bits per heavy atom. The minimum absolute atomic E-state index is 0.103. The molecule has 0 aliphatic carbocycles. The van der Waals surface area contributed by atoms with Crippen LogP contribution in [0, 0.1) is 0 Å². The summed E-state index contributed by atoms with van der Waals surface area (Å²) in [6.45, 7) is 0. The molecule has 0 aliphatic heterocycles. The lowest BCUT2D eigenvalue weighted by Crippen LogP contribution is -2.20. The van der Waals surface area contributed by atoms with Crippen molar-refractivity contribution < 1.29 is 23.1 Å². The van der Waals surface area contributed by atoms with E-state index in [2.05, 4.69) is 36.8 Å². The maximum atomic E-state index is 13.2. The van der Waals surface area contributed by atoms with Crippen molar-refractivity contribution >= 4 is 70.2 Å². The molecular formula is C22H15Br2ClN2O5S. The highest BCUT2D eigenvalue weighted by molar-refractivity contribution is 9.11. The Balaban J connectivity index is 1.73. The highest BCUT2D eigenvalue weighted by Gasteiger charge is 2.23. The maximum Gasteiger partial charge on any atom is 0.325 e. The third-order valence-electron chi connectivity index (χ3n) is 4.89. The van der Waals surface area contributed by atoms with Crippen LogP contribution in [0.4, 0.5) is 0 Å². The van der Waals surface area contributed by atoms with Gasteiger partial charge in [-0.2, -0.15) is 0 Å². The summed E-state index contributed by atoms with van der Waals surface area (Å²) in [6.07, 6.45) is 1.44. The van der Waals surface area contributed by atoms with Crippen molar-refractivity contribution in [2.24, 2.45) is 5.73 Å². The zero-order valence-corrected chi connectivity index (χ0v) is 21.3. The minimum atomic E-state index is -3.80. The summed E-state index contributed by atoms with van der Waals surface area (Å²) in [6, 6.07) is 12.9. The Morgan fingerprint density at radius 1 is 1.06 bits per heavy atom. The summed E-state index contributed by atoms with van der Waals surface area (Å²) in [5.41, 5.74) is 6.69. The zero-order valence-electron chi connectivity index (χ0n) is 16.6. The van der Waals surface area contributed by atoms with Crippen LogP contribution >= 0.6 is 43.5 Å². The number of nitrogens with one attached hydrogen (secondary N) is 1. The van der Waals surface area contributed by atoms with Crippen molar-refractivity contribution in [3.05, 3.63) is 80.3 Å². The molecule has 1 atom stereocenters. The molecule has 11 heteroatoms. The van der Waals surface area contributed by atoms with Crippen LogP contribution in [-0.2, 0) is 14.6 Å². The van der Waals surface area contributed by atoms with E-state index in [1.807, 2.05) is 0 Å². The Morgan fingerprint density at radius 2 is 1.70 bits per heavy atom. The predicted molar refractivity (Wildman–Crippen MR) is 132 cm³/mol. The fourth-order valence-corrected chi connectivity index (χ4v) is 6.15. The SMILES string of the molecule is N[C@@H](C(=O)O)c1cc(Br)c(Oc2ccc3[nH]cc(S(=O)(=O)c4ccc(Cl)cc4)c3c2)c(Br)c1. The third kappa shape index (κ3) is 4.67. The first-order valence-electron chi connectivity index (χ1n) is 9.35. The number of hydrogen-bond acceptors (Lipinski definition) is 5. The summed E-state index contributed by atoms with van der Waals surface area (Å²) in [7, 11) is -3.80. The number of H-pyrrole nitrogens is 1. The molecule has 1 heterocycles. The van der Waals surface area contributed by atoms with Gasteiger partial charge >= 0.3 is 5.97 Å². The van der Waals surface area contributed by atoms with Gasteiger partial charge in [0.1, 0.15) is 11.8 Å². The molecule has 170 valence electrons. The molecule has 7 nitrogen and oxygen atoms in total. The Bertz CT molecular complexity index is 1460. The van der Waals surface area contributed by atoms with Crippen molar-refractivity contribution in [2.75, 3.05) is 0 Å². The van der Waals surface area contributed by atoms with E-state index in [1.54, 1.807) is 30.3 Å². The van der Waals surface area contributed by atoms with Crippen LogP contribution in [0.2, 0.25) is 5.02 Å². The third-order valence-corrected chi connectivity index (χ3v) is 8.13. The summed E-state index contributed by atoms with van der Waals surface area (Å²) < 4.78 is 33.3. The van der Waals surface area contributed by atoms with E-state index in [9.17, 15) is 13.2 Å². The van der Waals surface area contributed by atoms with Crippen LogP contribution in [-0.4, -0.2) is 24.5 Å². The number of carbonyl (C=O) groups is 1. The first-order chi connectivity index (χ1) is 15.6. The number of halogens is 3. The molecule has 33 heavy (non-hydrogen) atoms. The van der Waals surface area contributed by atoms with E-state index in [0.717, 1.165) is 0 Å². The molecule has 0 bridgehead atoms. The smallest absolute Gasteiger partial charge is 0.325 e. The molecule has 1 aromatic heterocycles. The van der Waals surface area contributed by atoms with Crippen LogP contribution in [0.5, 0.6) is 11.5 Å². The second kappa shape index (κ2) is 9.11. The van der Waals surface area contributed by atoms with Gasteiger partial charge < -0.3 is 20.6 Å². The lowest BCUT2D eigenvalue weighted by molar-refractivity contribution is -0.138. The number of aromatic amines is 1. The number of aliphatic carboxylic acids is 1. The van der Waals surface area contributed by atoms with E-state index in [4.69, 9.17) is 27.2 Å². The first kappa shape index (κ1) is 23.8. The van der Waals surface area contributed by atoms with Crippen molar-refractivity contribution in [2.45, 2.75) is 15.8 Å². The molecule has 0 aliphatic rings. The molecule has 0 fully saturated rings. The number of ether oxygens (including phenoxy) is 1. The normalized spacial score (nSPS) is 12.6. The van der Waals surface area contributed by atoms with Gasteiger partial charge in [0.25, 0.3) is 0 Å². The number of sulfone groups is 1. The van der Waals surface area contributed by atoms with Gasteiger partial charge in [0.2, 0.25) is 9.84 Å². The van der Waals surface area contributed by atoms with Gasteiger partial charge in [-0.1, -0.05) is 11.6 Å². The molecule has 0 amide bonds. The van der Waals surface area contributed by atoms with Crippen LogP contribution in [0.15, 0.2) is 79.5 Å². The lowest BCUT2D eigenvalue weighted by atomic mass is 10.1. The average molecular weight is 615 g/mol. The van der Waals surface area contributed by atoms with Crippen molar-refractivity contribution in [3.63, 3.8) is 0 Å². The maximum absolute atomic E-state index is 13.2. The van der Waals surface area contributed by atoms with E-state index in [1.165, 1.54) is 30.5 Å². The monoisotopic (exact) mass is 612 g/mol. The number of fused-ring (bicyclic) bond motifs is 1. The number of nitrogens with two attached hydrogens (primary N) is 1. The highest BCUT2D eigenvalue weighted by Crippen LogP contribution is 2.40. The van der Waals surface area contributed by atoms with Crippen LogP contribution in [0.25, 0.3) is 10.9 Å². The number of rotatable bonds is 6. The van der Waals surface area contributed by atoms with Gasteiger partial charge in [0, 0.05) is 22.1 Å². The van der Waals surface area contributed by atoms with Crippen molar-refractivity contribution in [1.82, 2.24) is 4.98 Å². The summed E-state index contributed by atoms with van der Waals surface area (Å²) >= 11 is 12.6. The second-order valence-electron chi connectivity index (χ2n) is 7.05. The summed E-state index contributed by atoms with van der Waals surface area (Å²) in [5, 5.41) is 10.0. The first-order valence-corrected chi connectivity index (χ1v) is 12.8. The van der Waals surface area contributed by atoms with Gasteiger partial charge in [-0.15, -0.1) is 0 Å². The van der Waals surface area contributed by atoms with Crippen LogP contribution in [0.1, 0.15) is 11.6 Å². The largest absolute Gasteiger partial charge is 0.480 e. The number of hydrogen-bond donors (Lipinski definition) is 3. The predicted octanol–water partition coefficient (Wildman–Crippen LogP) is 6.06. The molecule has 0 saturated carbocycles. The van der Waals surface area contributed by atoms with Gasteiger partial charge in [0.15, 0.2) is 5.75 Å². The lowest BCUT2D eigenvalue weighted by Gasteiger charge is -2.14. The highest BCUT2D eigenvalue weighted by atomic mass is 79.9. The number of aromatic nitrogens is 1. The Hall–Kier alpha value is -2.37. The Kier molecular flexibility index (Phi) is 6.56. The number of carboxylic acid groups (broad SMARTS) is 1. The molecule has 4 aromatic rings. The molecule has 4 rings (SSSR count). The van der Waals surface area contributed by atoms with Crippen molar-refractivity contribution in [3.8, 4) is 11.5 Å². The molecule has 0 saturated heterocycles. The number of benzene rings is 3. The van der Waals surface area contributed by atoms with Gasteiger partial charge in [-0.25, -0.2) is 8.42 Å². The fourth-order valence-electron chi connectivity index (χ4n) is 3.22. The van der Waals surface area contributed by atoms with Crippen molar-refractivity contribution in [1.29, 1.82) is 0 Å². The topological polar surface area (TPSA) is 122 Å². The van der Waals surface area contributed by atoms with Gasteiger partial charge in [-0.05, 0) is 92.0 Å². The molecule has 0 spiro atoms. The van der Waals surface area contributed by atoms with E-state index in [-0.39, 0.29) is 9.79 Å². The zero-order chi connectivity index (χ0) is 23.9. The van der Waals surface area contributed by atoms with E-state index >= 15 is 0 Å². The quantitative estimate of drug-likeness (QED) is 0.243. The summed E-state index contributed by atoms with van der Waals surface area (Å²) in [5.74, 6) is -0.394. The number of carboxylic acids is 1. The molecule has 3 aromatic carbocycles.